The lowest BCUT2D eigenvalue weighted by Gasteiger charge is -2.42. The number of carbonyl (C=O) groups is 1. The number of ether oxygens (including phenoxy) is 1. The fourth-order valence-corrected chi connectivity index (χ4v) is 5.26. The van der Waals surface area contributed by atoms with Gasteiger partial charge in [0.1, 0.15) is 11.7 Å². The summed E-state index contributed by atoms with van der Waals surface area (Å²) in [5.41, 5.74) is 0.632. The van der Waals surface area contributed by atoms with Gasteiger partial charge in [-0.1, -0.05) is 0 Å². The molecule has 13 heteroatoms. The molecular formula is C23H28F3N7O3. The van der Waals surface area contributed by atoms with Gasteiger partial charge in [0, 0.05) is 25.7 Å². The molecule has 0 bridgehead atoms. The van der Waals surface area contributed by atoms with Gasteiger partial charge < -0.3 is 25.0 Å². The Balaban J connectivity index is 1.10. The van der Waals surface area contributed by atoms with E-state index in [1.165, 1.54) is 4.68 Å². The van der Waals surface area contributed by atoms with Crippen LogP contribution in [-0.2, 0) is 17.4 Å². The Morgan fingerprint density at radius 3 is 2.72 bits per heavy atom. The van der Waals surface area contributed by atoms with Crippen LogP contribution in [0.5, 0.6) is 5.88 Å². The number of nitrogens with zero attached hydrogens (tertiary/aromatic N) is 6. The van der Waals surface area contributed by atoms with Crippen LogP contribution in [0.2, 0.25) is 0 Å². The molecule has 10 nitrogen and oxygen atoms in total. The van der Waals surface area contributed by atoms with Crippen LogP contribution in [0.25, 0.3) is 0 Å². The fourth-order valence-electron chi connectivity index (χ4n) is 5.26. The molecule has 1 amide bonds. The van der Waals surface area contributed by atoms with Crippen molar-refractivity contribution in [1.82, 2.24) is 19.7 Å². The molecule has 2 aliphatic carbocycles. The Morgan fingerprint density at radius 1 is 1.25 bits per heavy atom. The number of alkyl halides is 3. The first-order valence-electron chi connectivity index (χ1n) is 12.3. The van der Waals surface area contributed by atoms with Gasteiger partial charge in [-0.25, -0.2) is 9.67 Å². The number of nitrogens with one attached hydrogen (secondary N) is 1. The Morgan fingerprint density at radius 2 is 2.03 bits per heavy atom. The summed E-state index contributed by atoms with van der Waals surface area (Å²) in [6.07, 6.45) is 0.233. The van der Waals surface area contributed by atoms with Crippen LogP contribution in [-0.4, -0.2) is 69.7 Å². The average Bonchev–Trinajstić information content (AvgIpc) is 3.56. The van der Waals surface area contributed by atoms with E-state index in [2.05, 4.69) is 20.4 Å². The molecule has 2 N–H and O–H groups in total. The highest BCUT2D eigenvalue weighted by Crippen LogP contribution is 2.42. The van der Waals surface area contributed by atoms with Gasteiger partial charge in [-0.15, -0.1) is 0 Å². The molecule has 194 valence electrons. The van der Waals surface area contributed by atoms with Gasteiger partial charge in [-0.3, -0.25) is 4.79 Å². The Hall–Kier alpha value is -3.09. The van der Waals surface area contributed by atoms with Gasteiger partial charge in [-0.05, 0) is 44.4 Å². The molecule has 0 saturated heterocycles. The summed E-state index contributed by atoms with van der Waals surface area (Å²) >= 11 is 0. The molecular weight excluding hydrogens is 479 g/mol. The number of aromatic nitrogens is 4. The number of carbonyl (C=O) groups excluding carboxylic acids is 1. The molecule has 2 saturated carbocycles. The number of amides is 1. The molecule has 4 aliphatic rings. The van der Waals surface area contributed by atoms with Crippen molar-refractivity contribution in [2.45, 2.75) is 62.8 Å². The maximum atomic E-state index is 13.1. The minimum absolute atomic E-state index is 0.0103. The number of anilines is 3. The van der Waals surface area contributed by atoms with Crippen LogP contribution in [0.3, 0.4) is 0 Å². The zero-order valence-corrected chi connectivity index (χ0v) is 19.8. The van der Waals surface area contributed by atoms with E-state index in [9.17, 15) is 23.1 Å². The van der Waals surface area contributed by atoms with Gasteiger partial charge in [0.2, 0.25) is 11.8 Å². The van der Waals surface area contributed by atoms with Gasteiger partial charge in [0.05, 0.1) is 24.9 Å². The SMILES string of the molecule is CN1c2nc(NC3CC(COc4cc(C(F)(F)F)nn4C4CC4)C3)nc3c2N(CCC3)C(=O)C1CO. The summed E-state index contributed by atoms with van der Waals surface area (Å²) in [4.78, 5) is 25.5. The van der Waals surface area contributed by atoms with Crippen LogP contribution in [0.15, 0.2) is 6.07 Å². The zero-order valence-electron chi connectivity index (χ0n) is 19.8. The van der Waals surface area contributed by atoms with Gasteiger partial charge in [0.15, 0.2) is 11.5 Å². The number of halogens is 3. The van der Waals surface area contributed by atoms with Gasteiger partial charge in [0.25, 0.3) is 5.91 Å². The van der Waals surface area contributed by atoms with Crippen LogP contribution in [0.4, 0.5) is 30.6 Å². The highest BCUT2D eigenvalue weighted by Gasteiger charge is 2.42. The van der Waals surface area contributed by atoms with Crippen molar-refractivity contribution in [3.8, 4) is 5.88 Å². The van der Waals surface area contributed by atoms with Crippen molar-refractivity contribution in [3.05, 3.63) is 17.5 Å². The third kappa shape index (κ3) is 4.02. The molecule has 1 atom stereocenters. The lowest BCUT2D eigenvalue weighted by molar-refractivity contribution is -0.141. The van der Waals surface area contributed by atoms with E-state index in [4.69, 9.17) is 4.74 Å². The molecule has 0 radical (unpaired) electrons. The summed E-state index contributed by atoms with van der Waals surface area (Å²) in [6.45, 7) is 0.623. The molecule has 4 heterocycles. The summed E-state index contributed by atoms with van der Waals surface area (Å²) in [7, 11) is 1.75. The first-order valence-corrected chi connectivity index (χ1v) is 12.3. The van der Waals surface area contributed by atoms with E-state index in [-0.39, 0.29) is 36.4 Å². The Bertz CT molecular complexity index is 1180. The van der Waals surface area contributed by atoms with Crippen LogP contribution >= 0.6 is 0 Å². The van der Waals surface area contributed by atoms with Crippen molar-refractivity contribution in [3.63, 3.8) is 0 Å². The normalized spacial score (nSPS) is 25.5. The highest BCUT2D eigenvalue weighted by atomic mass is 19.4. The summed E-state index contributed by atoms with van der Waals surface area (Å²) < 4.78 is 46.4. The van der Waals surface area contributed by atoms with E-state index in [1.54, 1.807) is 16.8 Å². The zero-order chi connectivity index (χ0) is 25.2. The van der Waals surface area contributed by atoms with Crippen LogP contribution < -0.4 is 19.9 Å². The van der Waals surface area contributed by atoms with Crippen LogP contribution in [0, 0.1) is 5.92 Å². The third-order valence-electron chi connectivity index (χ3n) is 7.45. The summed E-state index contributed by atoms with van der Waals surface area (Å²) in [5.74, 6) is 1.36. The van der Waals surface area contributed by atoms with E-state index >= 15 is 0 Å². The molecule has 2 aromatic heterocycles. The first-order chi connectivity index (χ1) is 17.2. The lowest BCUT2D eigenvalue weighted by Crippen LogP contribution is -2.55. The average molecular weight is 508 g/mol. The number of aryl methyl sites for hydroxylation is 1. The number of likely N-dealkylation sites (N-methyl/N-ethyl adjacent to an activating group) is 1. The molecule has 0 aromatic carbocycles. The standard InChI is InChI=1S/C23H28F3N7O3/c1-31-16(10-34)21(35)32-6-2-3-15-19(32)20(31)29-22(28-15)27-13-7-12(8-13)11-36-18-9-17(23(24,25)26)30-33(18)14-4-5-14/h9,12-14,16,34H,2-8,10-11H2,1H3,(H,27,28,29). The molecule has 2 fully saturated rings. The fraction of sp³-hybridized carbons (Fsp3) is 0.652. The predicted molar refractivity (Wildman–Crippen MR) is 123 cm³/mol. The highest BCUT2D eigenvalue weighted by molar-refractivity contribution is 6.05. The van der Waals surface area contributed by atoms with E-state index in [0.29, 0.717) is 24.9 Å². The van der Waals surface area contributed by atoms with Crippen LogP contribution in [0.1, 0.15) is 49.5 Å². The number of aliphatic hydroxyl groups excluding tert-OH is 1. The monoisotopic (exact) mass is 507 g/mol. The second-order valence-electron chi connectivity index (χ2n) is 10.1. The van der Waals surface area contributed by atoms with Crippen molar-refractivity contribution >= 4 is 23.4 Å². The van der Waals surface area contributed by atoms with E-state index in [0.717, 1.165) is 56.0 Å². The summed E-state index contributed by atoms with van der Waals surface area (Å²) in [5, 5.41) is 16.8. The minimum Gasteiger partial charge on any atom is -0.478 e. The smallest absolute Gasteiger partial charge is 0.435 e. The number of rotatable bonds is 7. The number of aliphatic hydroxyl groups is 1. The molecule has 36 heavy (non-hydrogen) atoms. The lowest BCUT2D eigenvalue weighted by atomic mass is 9.81. The molecule has 0 spiro atoms. The van der Waals surface area contributed by atoms with E-state index < -0.39 is 17.9 Å². The third-order valence-corrected chi connectivity index (χ3v) is 7.45. The molecule has 2 aliphatic heterocycles. The Kier molecular flexibility index (Phi) is 5.50. The van der Waals surface area contributed by atoms with Crippen molar-refractivity contribution in [2.75, 3.05) is 41.9 Å². The Labute approximate surface area is 205 Å². The van der Waals surface area contributed by atoms with Gasteiger partial charge in [-0.2, -0.15) is 23.3 Å². The largest absolute Gasteiger partial charge is 0.478 e. The second kappa shape index (κ2) is 8.49. The molecule has 2 aromatic rings. The minimum atomic E-state index is -4.49. The maximum absolute atomic E-state index is 13.1. The van der Waals surface area contributed by atoms with E-state index in [1.807, 2.05) is 0 Å². The van der Waals surface area contributed by atoms with Gasteiger partial charge >= 0.3 is 6.18 Å². The second-order valence-corrected chi connectivity index (χ2v) is 10.1. The first kappa shape index (κ1) is 23.3. The van der Waals surface area contributed by atoms with Crippen molar-refractivity contribution in [1.29, 1.82) is 0 Å². The molecule has 6 rings (SSSR count). The number of hydrogen-bond donors (Lipinski definition) is 2. The predicted octanol–water partition coefficient (Wildman–Crippen LogP) is 2.39. The quantitative estimate of drug-likeness (QED) is 0.588. The summed E-state index contributed by atoms with van der Waals surface area (Å²) in [6, 6.07) is 0.428. The maximum Gasteiger partial charge on any atom is 0.435 e. The van der Waals surface area contributed by atoms with Crippen molar-refractivity contribution in [2.24, 2.45) is 5.92 Å². The molecule has 1 unspecified atom stereocenters. The number of hydrogen-bond acceptors (Lipinski definition) is 8. The van der Waals surface area contributed by atoms with Crippen molar-refractivity contribution < 1.29 is 27.8 Å². The topological polar surface area (TPSA) is 109 Å².